The van der Waals surface area contributed by atoms with Crippen LogP contribution in [0.25, 0.3) is 49.3 Å². The van der Waals surface area contributed by atoms with Crippen LogP contribution in [0.2, 0.25) is 0 Å². The largest absolute Gasteiger partial charge is 0.506 e. The molecule has 4 aliphatic rings. The Balaban J connectivity index is 0.986. The summed E-state index contributed by atoms with van der Waals surface area (Å²) in [6.07, 6.45) is -18.3. The Kier molecular flexibility index (Phi) is 25.1. The first-order chi connectivity index (χ1) is 53.4. The Labute approximate surface area is 654 Å². The van der Waals surface area contributed by atoms with E-state index in [1.54, 1.807) is 46.0 Å². The van der Waals surface area contributed by atoms with Crippen molar-refractivity contribution in [1.29, 1.82) is 0 Å². The maximum Gasteiger partial charge on any atom is 0.355 e. The van der Waals surface area contributed by atoms with E-state index in [1.165, 1.54) is 58.8 Å². The highest BCUT2D eigenvalue weighted by molar-refractivity contribution is 7.14. The van der Waals surface area contributed by atoms with Crippen LogP contribution in [0.1, 0.15) is 132 Å². The van der Waals surface area contributed by atoms with Crippen LogP contribution >= 0.6 is 56.7 Å². The normalized spacial score (nSPS) is 24.1. The minimum Gasteiger partial charge on any atom is -0.506 e. The number of H-pyrrole nitrogens is 1. The summed E-state index contributed by atoms with van der Waals surface area (Å²) in [6.45, 7) is 7.75. The summed E-state index contributed by atoms with van der Waals surface area (Å²) >= 11 is 4.40. The van der Waals surface area contributed by atoms with Gasteiger partial charge in [-0.05, 0) is 59.4 Å². The zero-order valence-corrected chi connectivity index (χ0v) is 64.3. The second-order valence-electron chi connectivity index (χ2n) is 26.2. The molecule has 8 aromatic rings. The summed E-state index contributed by atoms with van der Waals surface area (Å²) in [4.78, 5) is 162. The molecular formula is C69H75N15O23S5. The zero-order chi connectivity index (χ0) is 80.4. The molecule has 7 amide bonds. The van der Waals surface area contributed by atoms with E-state index in [9.17, 15) is 59.7 Å². The van der Waals surface area contributed by atoms with Gasteiger partial charge in [-0.15, -0.1) is 56.7 Å². The van der Waals surface area contributed by atoms with Crippen LogP contribution in [0.4, 0.5) is 0 Å². The van der Waals surface area contributed by atoms with Gasteiger partial charge in [0.25, 0.3) is 35.4 Å². The number of aliphatic hydroxyl groups excluding tert-OH is 6. The van der Waals surface area contributed by atoms with Crippen molar-refractivity contribution in [2.24, 2.45) is 5.73 Å². The number of hydrogen-bond acceptors (Lipinski definition) is 35. The molecule has 112 heavy (non-hydrogen) atoms. The van der Waals surface area contributed by atoms with Crippen LogP contribution in [-0.2, 0) is 65.5 Å². The van der Waals surface area contributed by atoms with E-state index < -0.39 is 189 Å². The van der Waals surface area contributed by atoms with Gasteiger partial charge in [-0.25, -0.2) is 39.5 Å². The summed E-state index contributed by atoms with van der Waals surface area (Å²) in [5.74, 6) is -9.15. The number of pyridine rings is 1. The minimum atomic E-state index is -2.01. The smallest absolute Gasteiger partial charge is 0.355 e. The molecule has 1 fully saturated rings. The monoisotopic (exact) mass is 1640 g/mol. The van der Waals surface area contributed by atoms with Gasteiger partial charge in [0.1, 0.15) is 144 Å². The zero-order valence-electron chi connectivity index (χ0n) is 60.2. The number of aromatic hydroxyl groups is 1. The molecule has 1 aromatic carbocycles. The van der Waals surface area contributed by atoms with E-state index >= 15 is 19.2 Å². The van der Waals surface area contributed by atoms with Crippen molar-refractivity contribution in [1.82, 2.24) is 71.7 Å². The van der Waals surface area contributed by atoms with Crippen LogP contribution in [0.5, 0.6) is 5.75 Å². The molecule has 7 aromatic heterocycles. The molecule has 0 aliphatic carbocycles. The van der Waals surface area contributed by atoms with Crippen molar-refractivity contribution < 1.29 is 112 Å². The quantitative estimate of drug-likeness (QED) is 0.0388. The highest BCUT2D eigenvalue weighted by Crippen LogP contribution is 2.43. The van der Waals surface area contributed by atoms with Crippen LogP contribution in [-0.4, -0.2) is 242 Å². The molecule has 12 bridgehead atoms. The lowest BCUT2D eigenvalue weighted by molar-refractivity contribution is -0.236. The van der Waals surface area contributed by atoms with Crippen LogP contribution in [0.15, 0.2) is 69.2 Å². The SMILES string of the molecule is C=C(NC(=O)c1csc(-c2nc3c(cc2O)-c2nc(cs2)C(=O)N[C@@H]([C@@H](C)O)C(=O)NC(=C(C)OC)c2nc(cs2)C(=O)N[C@@H]2c4nc(cs4)C(=O)N[C@@H](COC(=O)c4[nH]c5cccc6c5c4COC2[C@H](O[C@H]2C[C@H](C)OC(C(=O)NC[C@H](O)[C@@H](O)[C@H](O)[C@H](O)CO)N(C)[C@@H](C)[C@H](C)O2)C(=O)OC6)c2nc-3cs2)n1)C(N)=O. The number of esters is 2. The van der Waals surface area contributed by atoms with E-state index in [1.807, 2.05) is 0 Å². The Hall–Kier alpha value is -10.1. The Morgan fingerprint density at radius 1 is 0.786 bits per heavy atom. The number of hydrogen-bond donors (Lipinski definition) is 15. The maximum atomic E-state index is 15.5. The van der Waals surface area contributed by atoms with Gasteiger partial charge >= 0.3 is 11.9 Å². The number of nitrogens with zero attached hydrogens (tertiary/aromatic N) is 7. The average molecular weight is 1640 g/mol. The van der Waals surface area contributed by atoms with Gasteiger partial charge in [-0.3, -0.25) is 38.5 Å². The number of carbonyl (C=O) groups is 9. The molecule has 38 nitrogen and oxygen atoms in total. The lowest BCUT2D eigenvalue weighted by Crippen LogP contribution is -2.55. The van der Waals surface area contributed by atoms with Crippen molar-refractivity contribution in [2.75, 3.05) is 33.9 Å². The number of cyclic esters (lactones) is 2. The van der Waals surface area contributed by atoms with E-state index in [0.717, 1.165) is 56.7 Å². The number of aliphatic hydroxyl groups is 6. The van der Waals surface area contributed by atoms with Gasteiger partial charge in [0, 0.05) is 67.9 Å². The topological polar surface area (TPSA) is 554 Å². The van der Waals surface area contributed by atoms with Crippen LogP contribution < -0.4 is 37.6 Å². The third kappa shape index (κ3) is 17.4. The van der Waals surface area contributed by atoms with E-state index in [4.69, 9.17) is 53.8 Å². The minimum absolute atomic E-state index is 0.0218. The third-order valence-corrected chi connectivity index (χ3v) is 23.1. The molecule has 1 saturated heterocycles. The summed E-state index contributed by atoms with van der Waals surface area (Å²) in [7, 11) is 2.83. The van der Waals surface area contributed by atoms with Crippen molar-refractivity contribution in [3.8, 4) is 38.4 Å². The Morgan fingerprint density at radius 3 is 2.17 bits per heavy atom. The number of benzene rings is 1. The standard InChI is InChI=1S/C69H75N15O23S5/c1-24-12-43(106-28(5)26(3)84(7)67(105-24)61(98)71-14-41(88)51(90)52(91)42(89)15-85)107-54-53-50-66-79-37(22-112-66)57(94)74-34(18-104-68(99)48-32(17-102-53)44-30(16-103-69(54)100)10-9-11-33(44)73-48)63-75-35(19-109-63)47-31(13-40(87)49(80-47)65-78-36(21-111-65)56(93)72-25(2)55(70)92)62-76-38(20-108-62)58(95)81-45(27(4)86)60(97)82-46(29(6)101-8)64-77-39(23-110-64)59(96)83-50/h9-11,13,19-24,26-28,34,41-43,45,50-54,67,73,85-91H,2,12,14-18H2,1,3-8H3,(H2,70,92)(H,71,98)(H,72,93)(H,74,94)(H,81,95)(H,82,97)(H,83,96)/t24-,26-,27+,28-,34-,41-,42+,43-,45-,50-,51+,52+,53?,54-,67?/m0/s1. The Bertz CT molecular complexity index is 5000. The van der Waals surface area contributed by atoms with Crippen molar-refractivity contribution in [3.63, 3.8) is 0 Å². The molecule has 0 saturated carbocycles. The number of primary amides is 1. The third-order valence-electron chi connectivity index (χ3n) is 18.6. The van der Waals surface area contributed by atoms with Crippen LogP contribution in [0.3, 0.4) is 0 Å². The van der Waals surface area contributed by atoms with Crippen molar-refractivity contribution in [3.05, 3.63) is 124 Å². The first-order valence-electron chi connectivity index (χ1n) is 34.3. The number of rotatable bonds is 15. The number of aromatic amines is 1. The molecule has 11 heterocycles. The predicted octanol–water partition coefficient (Wildman–Crippen LogP) is 1.10. The number of aromatic nitrogens is 7. The first kappa shape index (κ1) is 81.4. The Morgan fingerprint density at radius 2 is 1.45 bits per heavy atom. The van der Waals surface area contributed by atoms with Gasteiger partial charge in [0.15, 0.2) is 18.6 Å². The number of carbonyl (C=O) groups excluding carboxylic acids is 9. The van der Waals surface area contributed by atoms with E-state index in [0.29, 0.717) is 16.5 Å². The molecule has 0 radical (unpaired) electrons. The number of allylic oxidation sites excluding steroid dienone is 1. The number of likely N-dealkylation sites (N-methyl/N-ethyl adjacent to an activating group) is 1. The fraction of sp³-hybridized carbons (Fsp3) is 0.406. The molecule has 15 atom stereocenters. The van der Waals surface area contributed by atoms with Gasteiger partial charge < -0.3 is 112 Å². The molecule has 43 heteroatoms. The molecule has 4 aliphatic heterocycles. The highest BCUT2D eigenvalue weighted by atomic mass is 32.1. The summed E-state index contributed by atoms with van der Waals surface area (Å²) in [6, 6.07) is 0.655. The number of methoxy groups -OCH3 is 1. The fourth-order valence-corrected chi connectivity index (χ4v) is 16.3. The molecule has 12 rings (SSSR count). The lowest BCUT2D eigenvalue weighted by Gasteiger charge is -2.36. The maximum absolute atomic E-state index is 15.5. The number of amides is 7. The van der Waals surface area contributed by atoms with Crippen molar-refractivity contribution in [2.45, 2.75) is 146 Å². The molecule has 16 N–H and O–H groups in total. The highest BCUT2D eigenvalue weighted by Gasteiger charge is 2.47. The first-order valence-corrected chi connectivity index (χ1v) is 38.7. The van der Waals surface area contributed by atoms with E-state index in [2.05, 4.69) is 58.4 Å². The molecular weight excluding hydrogens is 1570 g/mol. The number of thiazole rings is 5. The van der Waals surface area contributed by atoms with E-state index in [-0.39, 0.29) is 99.6 Å². The van der Waals surface area contributed by atoms with Gasteiger partial charge in [0.05, 0.1) is 50.4 Å². The number of ether oxygens (including phenoxy) is 7. The lowest BCUT2D eigenvalue weighted by atomic mass is 10.0. The van der Waals surface area contributed by atoms with Crippen LogP contribution in [0, 0.1) is 0 Å². The van der Waals surface area contributed by atoms with Gasteiger partial charge in [-0.1, -0.05) is 18.7 Å². The summed E-state index contributed by atoms with van der Waals surface area (Å²) in [5, 5.41) is 96.7. The molecule has 2 unspecified atom stereocenters. The summed E-state index contributed by atoms with van der Waals surface area (Å²) in [5.41, 5.74) is 4.17. The number of fused-ring (bicyclic) bond motifs is 15. The predicted molar refractivity (Wildman–Crippen MR) is 397 cm³/mol. The van der Waals surface area contributed by atoms with Crippen molar-refractivity contribution >= 4 is 127 Å². The molecule has 594 valence electrons. The second-order valence-corrected chi connectivity index (χ2v) is 30.6. The average Bonchev–Trinajstić information content (AvgIpc) is 1.67. The summed E-state index contributed by atoms with van der Waals surface area (Å²) < 4.78 is 44.8. The number of nitrogens with two attached hydrogens (primary N) is 1. The molecule has 0 spiro atoms. The number of nitrogens with one attached hydrogen (secondary N) is 7. The fourth-order valence-electron chi connectivity index (χ4n) is 12.1. The van der Waals surface area contributed by atoms with Gasteiger partial charge in [0.2, 0.25) is 5.91 Å². The van der Waals surface area contributed by atoms with Gasteiger partial charge in [-0.2, -0.15) is 0 Å². The second kappa shape index (κ2) is 34.5.